The number of rotatable bonds is 6. The van der Waals surface area contributed by atoms with E-state index in [0.29, 0.717) is 16.7 Å². The zero-order valence-corrected chi connectivity index (χ0v) is 16.0. The number of oxime groups is 1. The summed E-state index contributed by atoms with van der Waals surface area (Å²) in [4.78, 5) is 9.85. The fourth-order valence-corrected chi connectivity index (χ4v) is 2.70. The molecule has 0 saturated heterocycles. The summed E-state index contributed by atoms with van der Waals surface area (Å²) in [6.07, 6.45) is -4.48. The average Bonchev–Trinajstić information content (AvgIpc) is 2.72. The number of nitrogens with two attached hydrogens (primary N) is 1. The van der Waals surface area contributed by atoms with E-state index in [4.69, 9.17) is 25.7 Å². The summed E-state index contributed by atoms with van der Waals surface area (Å²) in [5.41, 5.74) is 0.725. The molecule has 0 aliphatic rings. The van der Waals surface area contributed by atoms with Gasteiger partial charge in [-0.05, 0) is 24.6 Å². The summed E-state index contributed by atoms with van der Waals surface area (Å²) in [6, 6.07) is 11.5. The van der Waals surface area contributed by atoms with Crippen molar-refractivity contribution in [3.05, 3.63) is 70.8 Å². The highest BCUT2D eigenvalue weighted by Crippen LogP contribution is 2.33. The maximum absolute atomic E-state index is 13.1. The summed E-state index contributed by atoms with van der Waals surface area (Å²) < 4.78 is 44.2. The fraction of sp³-hybridized carbons (Fsp3) is 0.200. The van der Waals surface area contributed by atoms with Crippen LogP contribution in [0.3, 0.4) is 0 Å². The summed E-state index contributed by atoms with van der Waals surface area (Å²) >= 11 is 0. The molecule has 154 valence electrons. The first-order valence-corrected chi connectivity index (χ1v) is 8.33. The normalized spacial score (nSPS) is 12.9. The molecule has 2 rings (SSSR count). The summed E-state index contributed by atoms with van der Waals surface area (Å²) in [7, 11) is 2.62. The lowest BCUT2D eigenvalue weighted by atomic mass is 9.95. The van der Waals surface area contributed by atoms with E-state index in [0.717, 1.165) is 12.1 Å². The molecule has 0 aromatic heterocycles. The first kappa shape index (κ1) is 22.0. The molecule has 0 heterocycles. The minimum Gasteiger partial charge on any atom is -0.480 e. The van der Waals surface area contributed by atoms with Gasteiger partial charge in [0.05, 0.1) is 12.7 Å². The van der Waals surface area contributed by atoms with Gasteiger partial charge in [0.1, 0.15) is 7.11 Å². The Morgan fingerprint density at radius 1 is 1.03 bits per heavy atom. The van der Waals surface area contributed by atoms with Gasteiger partial charge in [-0.2, -0.15) is 19.1 Å². The van der Waals surface area contributed by atoms with Crippen molar-refractivity contribution in [1.82, 2.24) is 0 Å². The van der Waals surface area contributed by atoms with Crippen LogP contribution >= 0.6 is 0 Å². The number of nitrogens with one attached hydrogen (secondary N) is 1. The Kier molecular flexibility index (Phi) is 7.00. The number of allylic oxidation sites excluding steroid dienone is 1. The topological polar surface area (TPSA) is 89.9 Å². The Morgan fingerprint density at radius 2 is 1.69 bits per heavy atom. The minimum absolute atomic E-state index is 0.0667. The van der Waals surface area contributed by atoms with Gasteiger partial charge in [0, 0.05) is 16.7 Å². The van der Waals surface area contributed by atoms with Crippen LogP contribution < -0.4 is 5.90 Å². The summed E-state index contributed by atoms with van der Waals surface area (Å²) in [6.45, 7) is 1.59. The van der Waals surface area contributed by atoms with E-state index < -0.39 is 11.7 Å². The minimum atomic E-state index is -4.48. The number of alkyl halides is 3. The molecular weight excluding hydrogens is 387 g/mol. The van der Waals surface area contributed by atoms with Gasteiger partial charge < -0.3 is 14.4 Å². The third-order valence-electron chi connectivity index (χ3n) is 4.11. The van der Waals surface area contributed by atoms with Crippen molar-refractivity contribution in [3.8, 4) is 0 Å². The SMILES string of the molecule is CO/N=C(/C(=N)OC)c1ccccc1/C(ON)=C(/C)c1cccc(C(F)(F)F)c1. The van der Waals surface area contributed by atoms with Crippen molar-refractivity contribution in [1.29, 1.82) is 5.41 Å². The van der Waals surface area contributed by atoms with Crippen molar-refractivity contribution >= 4 is 22.9 Å². The van der Waals surface area contributed by atoms with E-state index in [1.165, 1.54) is 26.4 Å². The molecule has 29 heavy (non-hydrogen) atoms. The highest BCUT2D eigenvalue weighted by atomic mass is 19.4. The molecule has 0 amide bonds. The Labute approximate surface area is 165 Å². The maximum atomic E-state index is 13.1. The number of ether oxygens (including phenoxy) is 1. The van der Waals surface area contributed by atoms with E-state index in [2.05, 4.69) is 5.16 Å². The van der Waals surface area contributed by atoms with Crippen molar-refractivity contribution in [2.24, 2.45) is 11.1 Å². The van der Waals surface area contributed by atoms with Gasteiger partial charge in [-0.3, -0.25) is 5.41 Å². The fourth-order valence-electron chi connectivity index (χ4n) is 2.70. The highest BCUT2D eigenvalue weighted by molar-refractivity contribution is 6.45. The van der Waals surface area contributed by atoms with Crippen molar-refractivity contribution < 1.29 is 27.6 Å². The van der Waals surface area contributed by atoms with Crippen LogP contribution in [-0.2, 0) is 20.6 Å². The molecule has 0 unspecified atom stereocenters. The monoisotopic (exact) mass is 407 g/mol. The van der Waals surface area contributed by atoms with Gasteiger partial charge in [0.15, 0.2) is 11.5 Å². The van der Waals surface area contributed by atoms with Crippen molar-refractivity contribution in [2.75, 3.05) is 14.2 Å². The van der Waals surface area contributed by atoms with Crippen LogP contribution in [0, 0.1) is 5.41 Å². The molecule has 6 nitrogen and oxygen atoms in total. The molecule has 9 heteroatoms. The van der Waals surface area contributed by atoms with Gasteiger partial charge in [-0.1, -0.05) is 41.6 Å². The maximum Gasteiger partial charge on any atom is 0.416 e. The Balaban J connectivity index is 2.69. The van der Waals surface area contributed by atoms with E-state index in [1.807, 2.05) is 0 Å². The Bertz CT molecular complexity index is 953. The van der Waals surface area contributed by atoms with Gasteiger partial charge in [0.25, 0.3) is 0 Å². The van der Waals surface area contributed by atoms with Gasteiger partial charge in [-0.25, -0.2) is 0 Å². The van der Waals surface area contributed by atoms with E-state index >= 15 is 0 Å². The van der Waals surface area contributed by atoms with Crippen molar-refractivity contribution in [2.45, 2.75) is 13.1 Å². The molecule has 0 saturated carbocycles. The lowest BCUT2D eigenvalue weighted by Gasteiger charge is -2.16. The molecule has 0 atom stereocenters. The molecule has 0 spiro atoms. The van der Waals surface area contributed by atoms with Crippen LogP contribution in [-0.4, -0.2) is 25.8 Å². The third-order valence-corrected chi connectivity index (χ3v) is 4.11. The van der Waals surface area contributed by atoms with Gasteiger partial charge in [-0.15, -0.1) is 0 Å². The van der Waals surface area contributed by atoms with Gasteiger partial charge >= 0.3 is 6.18 Å². The first-order valence-electron chi connectivity index (χ1n) is 8.33. The molecule has 0 radical (unpaired) electrons. The van der Waals surface area contributed by atoms with E-state index in [1.54, 1.807) is 31.2 Å². The number of nitrogens with zero attached hydrogens (tertiary/aromatic N) is 1. The van der Waals surface area contributed by atoms with Crippen LogP contribution in [0.15, 0.2) is 53.7 Å². The Hall–Kier alpha value is -3.33. The quantitative estimate of drug-likeness (QED) is 0.243. The molecular formula is C20H20F3N3O3. The number of halogens is 3. The van der Waals surface area contributed by atoms with Crippen molar-refractivity contribution in [3.63, 3.8) is 0 Å². The smallest absolute Gasteiger partial charge is 0.416 e. The average molecular weight is 407 g/mol. The van der Waals surface area contributed by atoms with Crippen LogP contribution in [0.1, 0.15) is 29.2 Å². The number of hydrogen-bond donors (Lipinski definition) is 2. The van der Waals surface area contributed by atoms with Crippen LogP contribution in [0.2, 0.25) is 0 Å². The number of methoxy groups -OCH3 is 1. The molecule has 2 aromatic rings. The van der Waals surface area contributed by atoms with Crippen LogP contribution in [0.4, 0.5) is 13.2 Å². The molecule has 0 aliphatic heterocycles. The van der Waals surface area contributed by atoms with Crippen LogP contribution in [0.25, 0.3) is 11.3 Å². The lowest BCUT2D eigenvalue weighted by Crippen LogP contribution is -2.19. The first-order chi connectivity index (χ1) is 13.7. The number of benzene rings is 2. The molecule has 2 aromatic carbocycles. The second kappa shape index (κ2) is 9.24. The zero-order chi connectivity index (χ0) is 21.6. The second-order valence-electron chi connectivity index (χ2n) is 5.85. The third kappa shape index (κ3) is 4.94. The zero-order valence-electron chi connectivity index (χ0n) is 16.0. The predicted molar refractivity (Wildman–Crippen MR) is 104 cm³/mol. The number of hydrogen-bond acceptors (Lipinski definition) is 6. The largest absolute Gasteiger partial charge is 0.480 e. The molecule has 0 bridgehead atoms. The second-order valence-corrected chi connectivity index (χ2v) is 5.85. The summed E-state index contributed by atoms with van der Waals surface area (Å²) in [5.74, 6) is 5.33. The Morgan fingerprint density at radius 3 is 2.24 bits per heavy atom. The molecule has 0 fully saturated rings. The lowest BCUT2D eigenvalue weighted by molar-refractivity contribution is -0.137. The standard InChI is InChI=1S/C20H20F3N3O3/c1-12(13-7-6-8-14(11-13)20(21,22)23)18(29-25)16-10-5-4-9-15(16)17(26-28-3)19(24)27-2/h4-11,24H,25H2,1-3H3/b18-12+,24-19?,26-17+. The van der Waals surface area contributed by atoms with E-state index in [-0.39, 0.29) is 22.9 Å². The molecule has 0 aliphatic carbocycles. The van der Waals surface area contributed by atoms with Crippen LogP contribution in [0.5, 0.6) is 0 Å². The predicted octanol–water partition coefficient (Wildman–Crippen LogP) is 4.46. The summed E-state index contributed by atoms with van der Waals surface area (Å²) in [5, 5.41) is 11.8. The highest BCUT2D eigenvalue weighted by Gasteiger charge is 2.30. The van der Waals surface area contributed by atoms with Gasteiger partial charge in [0.2, 0.25) is 5.90 Å². The van der Waals surface area contributed by atoms with E-state index in [9.17, 15) is 13.2 Å². The molecule has 3 N–H and O–H groups in total.